The lowest BCUT2D eigenvalue weighted by molar-refractivity contribution is 0.0543. The van der Waals surface area contributed by atoms with E-state index in [0.717, 1.165) is 12.2 Å². The number of fused-ring (bicyclic) bond motifs is 1. The van der Waals surface area contributed by atoms with Crippen LogP contribution in [0.4, 0.5) is 0 Å². The Hall–Kier alpha value is -1.58. The number of benzene rings is 2. The fourth-order valence-electron chi connectivity index (χ4n) is 2.27. The summed E-state index contributed by atoms with van der Waals surface area (Å²) < 4.78 is 16.2. The van der Waals surface area contributed by atoms with Gasteiger partial charge in [-0.15, -0.1) is 0 Å². The second kappa shape index (κ2) is 7.88. The zero-order valence-corrected chi connectivity index (χ0v) is 12.2. The van der Waals surface area contributed by atoms with E-state index in [0.29, 0.717) is 26.4 Å². The minimum atomic E-state index is 0.565. The number of rotatable bonds is 8. The molecule has 0 aromatic heterocycles. The Bertz CT molecular complexity index is 537. The van der Waals surface area contributed by atoms with Crippen LogP contribution < -0.4 is 4.74 Å². The zero-order valence-electron chi connectivity index (χ0n) is 12.2. The molecule has 20 heavy (non-hydrogen) atoms. The Morgan fingerprint density at radius 1 is 0.900 bits per heavy atom. The van der Waals surface area contributed by atoms with Crippen molar-refractivity contribution >= 4 is 10.8 Å². The van der Waals surface area contributed by atoms with Gasteiger partial charge in [0.1, 0.15) is 12.4 Å². The maximum absolute atomic E-state index is 5.85. The Balaban J connectivity index is 1.99. The van der Waals surface area contributed by atoms with Crippen molar-refractivity contribution in [2.75, 3.05) is 33.5 Å². The molecule has 0 radical (unpaired) electrons. The fourth-order valence-corrected chi connectivity index (χ4v) is 2.27. The molecule has 0 unspecified atom stereocenters. The second-order valence-electron chi connectivity index (χ2n) is 4.57. The molecular weight excluding hydrogens is 252 g/mol. The number of hydrogen-bond acceptors (Lipinski definition) is 3. The van der Waals surface area contributed by atoms with Crippen LogP contribution >= 0.6 is 0 Å². The standard InChI is InChI=1S/C17H22O3/c1-3-15-16-7-5-4-6-14(16)8-9-17(15)20-13-12-19-11-10-18-2/h4-9H,3,10-13H2,1-2H3. The lowest BCUT2D eigenvalue weighted by atomic mass is 10.0. The lowest BCUT2D eigenvalue weighted by Crippen LogP contribution is -2.10. The van der Waals surface area contributed by atoms with Crippen LogP contribution in [0.25, 0.3) is 10.8 Å². The minimum absolute atomic E-state index is 0.565. The topological polar surface area (TPSA) is 27.7 Å². The molecular formula is C17H22O3. The Labute approximate surface area is 120 Å². The first-order valence-electron chi connectivity index (χ1n) is 7.07. The molecule has 2 rings (SSSR count). The molecule has 3 heteroatoms. The molecule has 2 aromatic carbocycles. The van der Waals surface area contributed by atoms with Crippen LogP contribution in [0.5, 0.6) is 5.75 Å². The summed E-state index contributed by atoms with van der Waals surface area (Å²) in [7, 11) is 1.67. The van der Waals surface area contributed by atoms with Crippen LogP contribution in [0.2, 0.25) is 0 Å². The maximum Gasteiger partial charge on any atom is 0.123 e. The summed E-state index contributed by atoms with van der Waals surface area (Å²) in [4.78, 5) is 0. The first-order valence-corrected chi connectivity index (χ1v) is 7.07. The van der Waals surface area contributed by atoms with E-state index in [1.165, 1.54) is 16.3 Å². The smallest absolute Gasteiger partial charge is 0.123 e. The van der Waals surface area contributed by atoms with Crippen LogP contribution in [0.15, 0.2) is 36.4 Å². The minimum Gasteiger partial charge on any atom is -0.491 e. The van der Waals surface area contributed by atoms with E-state index in [1.807, 2.05) is 0 Å². The van der Waals surface area contributed by atoms with Gasteiger partial charge in [-0.3, -0.25) is 0 Å². The second-order valence-corrected chi connectivity index (χ2v) is 4.57. The summed E-state index contributed by atoms with van der Waals surface area (Å²) in [5.74, 6) is 0.960. The van der Waals surface area contributed by atoms with Crippen LogP contribution in [-0.4, -0.2) is 33.5 Å². The molecule has 0 heterocycles. The lowest BCUT2D eigenvalue weighted by Gasteiger charge is -2.13. The van der Waals surface area contributed by atoms with Crippen molar-refractivity contribution in [3.05, 3.63) is 42.0 Å². The van der Waals surface area contributed by atoms with Crippen molar-refractivity contribution < 1.29 is 14.2 Å². The van der Waals surface area contributed by atoms with Gasteiger partial charge in [-0.2, -0.15) is 0 Å². The third-order valence-electron chi connectivity index (χ3n) is 3.27. The van der Waals surface area contributed by atoms with Crippen LogP contribution in [0.1, 0.15) is 12.5 Å². The quantitative estimate of drug-likeness (QED) is 0.690. The maximum atomic E-state index is 5.85. The number of hydrogen-bond donors (Lipinski definition) is 0. The Morgan fingerprint density at radius 3 is 2.50 bits per heavy atom. The highest BCUT2D eigenvalue weighted by Crippen LogP contribution is 2.28. The van der Waals surface area contributed by atoms with Gasteiger partial charge in [0, 0.05) is 12.7 Å². The summed E-state index contributed by atoms with van der Waals surface area (Å²) in [5.41, 5.74) is 1.26. The van der Waals surface area contributed by atoms with E-state index < -0.39 is 0 Å². The molecule has 3 nitrogen and oxygen atoms in total. The van der Waals surface area contributed by atoms with Gasteiger partial charge in [0.15, 0.2) is 0 Å². The number of ether oxygens (including phenoxy) is 3. The molecule has 0 bridgehead atoms. The predicted molar refractivity (Wildman–Crippen MR) is 81.5 cm³/mol. The molecule has 0 fully saturated rings. The number of methoxy groups -OCH3 is 1. The Morgan fingerprint density at radius 2 is 1.70 bits per heavy atom. The highest BCUT2D eigenvalue weighted by Gasteiger charge is 2.06. The third-order valence-corrected chi connectivity index (χ3v) is 3.27. The molecule has 108 valence electrons. The SMILES string of the molecule is CCc1c(OCCOCCOC)ccc2ccccc12. The molecule has 0 aliphatic heterocycles. The van der Waals surface area contributed by atoms with Crippen molar-refractivity contribution in [1.29, 1.82) is 0 Å². The van der Waals surface area contributed by atoms with Crippen LogP contribution in [-0.2, 0) is 15.9 Å². The molecule has 0 saturated heterocycles. The van der Waals surface area contributed by atoms with E-state index in [-0.39, 0.29) is 0 Å². The van der Waals surface area contributed by atoms with Gasteiger partial charge in [0.2, 0.25) is 0 Å². The van der Waals surface area contributed by atoms with Gasteiger partial charge in [-0.05, 0) is 23.3 Å². The Kier molecular flexibility index (Phi) is 5.84. The first kappa shape index (κ1) is 14.8. The zero-order chi connectivity index (χ0) is 14.2. The number of aryl methyl sites for hydroxylation is 1. The highest BCUT2D eigenvalue weighted by atomic mass is 16.5. The monoisotopic (exact) mass is 274 g/mol. The van der Waals surface area contributed by atoms with Crippen molar-refractivity contribution in [2.45, 2.75) is 13.3 Å². The van der Waals surface area contributed by atoms with Gasteiger partial charge in [-0.1, -0.05) is 37.3 Å². The van der Waals surface area contributed by atoms with Gasteiger partial charge >= 0.3 is 0 Å². The van der Waals surface area contributed by atoms with E-state index in [9.17, 15) is 0 Å². The van der Waals surface area contributed by atoms with Crippen molar-refractivity contribution in [1.82, 2.24) is 0 Å². The molecule has 2 aromatic rings. The normalized spacial score (nSPS) is 10.9. The van der Waals surface area contributed by atoms with E-state index in [2.05, 4.69) is 43.3 Å². The van der Waals surface area contributed by atoms with Crippen molar-refractivity contribution in [3.63, 3.8) is 0 Å². The first-order chi connectivity index (χ1) is 9.86. The fraction of sp³-hybridized carbons (Fsp3) is 0.412. The summed E-state index contributed by atoms with van der Waals surface area (Å²) in [6.07, 6.45) is 0.960. The van der Waals surface area contributed by atoms with E-state index >= 15 is 0 Å². The molecule has 0 amide bonds. The molecule has 0 N–H and O–H groups in total. The summed E-state index contributed by atoms with van der Waals surface area (Å²) in [5, 5.41) is 2.53. The van der Waals surface area contributed by atoms with Crippen LogP contribution in [0.3, 0.4) is 0 Å². The molecule has 0 atom stereocenters. The van der Waals surface area contributed by atoms with Crippen molar-refractivity contribution in [2.24, 2.45) is 0 Å². The van der Waals surface area contributed by atoms with Gasteiger partial charge < -0.3 is 14.2 Å². The third kappa shape index (κ3) is 3.71. The average Bonchev–Trinajstić information content (AvgIpc) is 2.50. The van der Waals surface area contributed by atoms with Crippen molar-refractivity contribution in [3.8, 4) is 5.75 Å². The van der Waals surface area contributed by atoms with Gasteiger partial charge in [0.05, 0.1) is 19.8 Å². The molecule has 0 saturated carbocycles. The average molecular weight is 274 g/mol. The van der Waals surface area contributed by atoms with Gasteiger partial charge in [-0.25, -0.2) is 0 Å². The highest BCUT2D eigenvalue weighted by molar-refractivity contribution is 5.87. The molecule has 0 aliphatic carbocycles. The summed E-state index contributed by atoms with van der Waals surface area (Å²) >= 11 is 0. The largest absolute Gasteiger partial charge is 0.491 e. The molecule has 0 spiro atoms. The van der Waals surface area contributed by atoms with E-state index in [4.69, 9.17) is 14.2 Å². The van der Waals surface area contributed by atoms with Crippen LogP contribution in [0, 0.1) is 0 Å². The summed E-state index contributed by atoms with van der Waals surface area (Å²) in [6.45, 7) is 4.53. The molecule has 0 aliphatic rings. The van der Waals surface area contributed by atoms with Gasteiger partial charge in [0.25, 0.3) is 0 Å². The summed E-state index contributed by atoms with van der Waals surface area (Å²) in [6, 6.07) is 12.6. The van der Waals surface area contributed by atoms with E-state index in [1.54, 1.807) is 7.11 Å². The predicted octanol–water partition coefficient (Wildman–Crippen LogP) is 3.44.